The zero-order valence-corrected chi connectivity index (χ0v) is 20.3. The summed E-state index contributed by atoms with van der Waals surface area (Å²) in [4.78, 5) is 51.0. The van der Waals surface area contributed by atoms with Gasteiger partial charge in [-0.3, -0.25) is 19.7 Å². The van der Waals surface area contributed by atoms with Crippen molar-refractivity contribution in [2.24, 2.45) is 0 Å². The van der Waals surface area contributed by atoms with Crippen molar-refractivity contribution in [3.63, 3.8) is 0 Å². The van der Waals surface area contributed by atoms with Crippen molar-refractivity contribution in [3.8, 4) is 5.75 Å². The standard InChI is InChI=1S/C27H22ClN3O5/c1-16-5-3-6-19(13-16)29-24(32)15-36-20-11-9-18(10-12-20)14-21-25(33)30-27(35)31(26(21)34)23-8-4-7-22(28)17(23)2/h3-14H,15H2,1-2H3,(H,29,32)(H,30,33,35)/b21-14+. The van der Waals surface area contributed by atoms with Crippen LogP contribution < -0.4 is 20.3 Å². The van der Waals surface area contributed by atoms with Crippen molar-refractivity contribution in [2.45, 2.75) is 13.8 Å². The van der Waals surface area contributed by atoms with Crippen LogP contribution in [-0.2, 0) is 14.4 Å². The molecule has 3 aromatic carbocycles. The number of nitrogens with one attached hydrogen (secondary N) is 2. The van der Waals surface area contributed by atoms with E-state index in [9.17, 15) is 19.2 Å². The molecule has 4 rings (SSSR count). The van der Waals surface area contributed by atoms with Crippen molar-refractivity contribution in [1.29, 1.82) is 0 Å². The lowest BCUT2D eigenvalue weighted by atomic mass is 10.1. The van der Waals surface area contributed by atoms with Crippen LogP contribution in [-0.4, -0.2) is 30.4 Å². The van der Waals surface area contributed by atoms with Gasteiger partial charge in [-0.15, -0.1) is 0 Å². The quantitative estimate of drug-likeness (QED) is 0.376. The summed E-state index contributed by atoms with van der Waals surface area (Å²) in [6.07, 6.45) is 1.38. The maximum Gasteiger partial charge on any atom is 0.335 e. The maximum atomic E-state index is 13.1. The van der Waals surface area contributed by atoms with E-state index in [1.807, 2.05) is 25.1 Å². The topological polar surface area (TPSA) is 105 Å². The molecule has 9 heteroatoms. The van der Waals surface area contributed by atoms with Gasteiger partial charge in [0.25, 0.3) is 17.7 Å². The number of aryl methyl sites for hydroxylation is 1. The first-order valence-electron chi connectivity index (χ1n) is 11.0. The van der Waals surface area contributed by atoms with Crippen LogP contribution in [0.1, 0.15) is 16.7 Å². The summed E-state index contributed by atoms with van der Waals surface area (Å²) in [5.74, 6) is -1.43. The highest BCUT2D eigenvalue weighted by Crippen LogP contribution is 2.29. The maximum absolute atomic E-state index is 13.1. The Bertz CT molecular complexity index is 1400. The molecular weight excluding hydrogens is 482 g/mol. The van der Waals surface area contributed by atoms with Gasteiger partial charge in [-0.25, -0.2) is 9.69 Å². The SMILES string of the molecule is Cc1cccc(NC(=O)COc2ccc(/C=C3\C(=O)NC(=O)N(c4cccc(Cl)c4C)C3=O)cc2)c1. The monoisotopic (exact) mass is 503 g/mol. The molecule has 0 spiro atoms. The average Bonchev–Trinajstić information content (AvgIpc) is 2.84. The molecule has 1 saturated heterocycles. The largest absolute Gasteiger partial charge is 0.484 e. The lowest BCUT2D eigenvalue weighted by molar-refractivity contribution is -0.122. The molecule has 5 amide bonds. The minimum Gasteiger partial charge on any atom is -0.484 e. The second-order valence-electron chi connectivity index (χ2n) is 8.12. The molecule has 8 nitrogen and oxygen atoms in total. The summed E-state index contributed by atoms with van der Waals surface area (Å²) in [6, 6.07) is 17.9. The van der Waals surface area contributed by atoms with Gasteiger partial charge >= 0.3 is 6.03 Å². The van der Waals surface area contributed by atoms with Crippen molar-refractivity contribution in [2.75, 3.05) is 16.8 Å². The van der Waals surface area contributed by atoms with Crippen LogP contribution in [0.2, 0.25) is 5.02 Å². The molecule has 1 fully saturated rings. The van der Waals surface area contributed by atoms with E-state index >= 15 is 0 Å². The highest BCUT2D eigenvalue weighted by Gasteiger charge is 2.37. The van der Waals surface area contributed by atoms with Gasteiger partial charge < -0.3 is 10.1 Å². The smallest absolute Gasteiger partial charge is 0.335 e. The van der Waals surface area contributed by atoms with Gasteiger partial charge in [0.1, 0.15) is 11.3 Å². The molecule has 3 aromatic rings. The van der Waals surface area contributed by atoms with E-state index in [2.05, 4.69) is 10.6 Å². The van der Waals surface area contributed by atoms with Gasteiger partial charge in [-0.2, -0.15) is 0 Å². The lowest BCUT2D eigenvalue weighted by Gasteiger charge is -2.27. The number of amides is 5. The zero-order chi connectivity index (χ0) is 25.8. The fourth-order valence-electron chi connectivity index (χ4n) is 3.61. The van der Waals surface area contributed by atoms with Crippen molar-refractivity contribution >= 4 is 52.8 Å². The van der Waals surface area contributed by atoms with Gasteiger partial charge in [-0.05, 0) is 73.0 Å². The number of urea groups is 1. The van der Waals surface area contributed by atoms with Crippen LogP contribution in [0, 0.1) is 13.8 Å². The van der Waals surface area contributed by atoms with E-state index in [-0.39, 0.29) is 23.8 Å². The van der Waals surface area contributed by atoms with Gasteiger partial charge in [-0.1, -0.05) is 41.9 Å². The number of hydrogen-bond acceptors (Lipinski definition) is 5. The third kappa shape index (κ3) is 5.45. The predicted molar refractivity (Wildman–Crippen MR) is 137 cm³/mol. The van der Waals surface area contributed by atoms with Crippen molar-refractivity contribution < 1.29 is 23.9 Å². The molecule has 1 aliphatic heterocycles. The Morgan fingerprint density at radius 1 is 1.03 bits per heavy atom. The zero-order valence-electron chi connectivity index (χ0n) is 19.5. The van der Waals surface area contributed by atoms with Crippen molar-refractivity contribution in [3.05, 3.63) is 94.0 Å². The Balaban J connectivity index is 1.45. The Kier molecular flexibility index (Phi) is 7.17. The van der Waals surface area contributed by atoms with E-state index < -0.39 is 17.8 Å². The number of barbiturate groups is 1. The van der Waals surface area contributed by atoms with Crippen molar-refractivity contribution in [1.82, 2.24) is 5.32 Å². The number of benzene rings is 3. The Morgan fingerprint density at radius 3 is 2.47 bits per heavy atom. The molecule has 1 heterocycles. The molecule has 0 aromatic heterocycles. The molecule has 0 radical (unpaired) electrons. The molecule has 182 valence electrons. The second-order valence-corrected chi connectivity index (χ2v) is 8.52. The number of ether oxygens (including phenoxy) is 1. The van der Waals surface area contributed by atoms with E-state index in [0.29, 0.717) is 27.6 Å². The summed E-state index contributed by atoms with van der Waals surface area (Å²) in [7, 11) is 0. The molecule has 0 bridgehead atoms. The fraction of sp³-hybridized carbons (Fsp3) is 0.111. The summed E-state index contributed by atoms with van der Waals surface area (Å²) >= 11 is 6.14. The summed E-state index contributed by atoms with van der Waals surface area (Å²) in [5, 5.41) is 5.34. The molecule has 0 aliphatic carbocycles. The van der Waals surface area contributed by atoms with Gasteiger partial charge in [0.05, 0.1) is 5.69 Å². The Hall–Kier alpha value is -4.43. The van der Waals surface area contributed by atoms with Crippen LogP contribution in [0.5, 0.6) is 5.75 Å². The number of nitrogens with zero attached hydrogens (tertiary/aromatic N) is 1. The molecule has 0 unspecified atom stereocenters. The van der Waals surface area contributed by atoms with E-state index in [1.54, 1.807) is 55.5 Å². The van der Waals surface area contributed by atoms with Crippen LogP contribution in [0.4, 0.5) is 16.2 Å². The first kappa shape index (κ1) is 24.7. The Morgan fingerprint density at radius 2 is 1.75 bits per heavy atom. The van der Waals surface area contributed by atoms with Gasteiger partial charge in [0.15, 0.2) is 6.61 Å². The summed E-state index contributed by atoms with van der Waals surface area (Å²) in [5.41, 5.74) is 2.85. The fourth-order valence-corrected chi connectivity index (χ4v) is 3.78. The number of anilines is 2. The van der Waals surface area contributed by atoms with E-state index in [0.717, 1.165) is 10.5 Å². The van der Waals surface area contributed by atoms with Crippen LogP contribution >= 0.6 is 11.6 Å². The highest BCUT2D eigenvalue weighted by molar-refractivity contribution is 6.39. The number of carbonyl (C=O) groups excluding carboxylic acids is 4. The molecule has 36 heavy (non-hydrogen) atoms. The number of halogens is 1. The molecule has 2 N–H and O–H groups in total. The van der Waals surface area contributed by atoms with E-state index in [1.165, 1.54) is 6.08 Å². The normalized spacial score (nSPS) is 14.6. The first-order chi connectivity index (χ1) is 17.2. The average molecular weight is 504 g/mol. The second kappa shape index (κ2) is 10.5. The minimum atomic E-state index is -0.847. The third-order valence-corrected chi connectivity index (χ3v) is 5.85. The van der Waals surface area contributed by atoms with Gasteiger partial charge in [0.2, 0.25) is 0 Å². The summed E-state index contributed by atoms with van der Waals surface area (Å²) < 4.78 is 5.53. The third-order valence-electron chi connectivity index (χ3n) is 5.44. The van der Waals surface area contributed by atoms with Crippen LogP contribution in [0.3, 0.4) is 0 Å². The lowest BCUT2D eigenvalue weighted by Crippen LogP contribution is -2.54. The molecule has 0 saturated carbocycles. The number of carbonyl (C=O) groups is 4. The highest BCUT2D eigenvalue weighted by atomic mass is 35.5. The predicted octanol–water partition coefficient (Wildman–Crippen LogP) is 4.64. The Labute approximate surface area is 212 Å². The number of imide groups is 2. The van der Waals surface area contributed by atoms with Crippen LogP contribution in [0.15, 0.2) is 72.3 Å². The summed E-state index contributed by atoms with van der Waals surface area (Å²) in [6.45, 7) is 3.42. The first-order valence-corrected chi connectivity index (χ1v) is 11.4. The van der Waals surface area contributed by atoms with E-state index in [4.69, 9.17) is 16.3 Å². The number of rotatable bonds is 6. The van der Waals surface area contributed by atoms with Gasteiger partial charge in [0, 0.05) is 10.7 Å². The van der Waals surface area contributed by atoms with Crippen LogP contribution in [0.25, 0.3) is 6.08 Å². The number of hydrogen-bond donors (Lipinski definition) is 2. The minimum absolute atomic E-state index is 0.189. The molecular formula is C27H22ClN3O5. The molecule has 1 aliphatic rings. The molecule has 0 atom stereocenters.